The van der Waals surface area contributed by atoms with Crippen LogP contribution in [0.25, 0.3) is 0 Å². The summed E-state index contributed by atoms with van der Waals surface area (Å²) in [6.45, 7) is 2.40. The molecule has 1 aromatic rings. The molecule has 0 saturated carbocycles. The molecule has 0 amide bonds. The third-order valence-corrected chi connectivity index (χ3v) is 3.17. The molecule has 1 heterocycles. The van der Waals surface area contributed by atoms with E-state index in [1.807, 2.05) is 4.90 Å². The third-order valence-electron chi connectivity index (χ3n) is 2.95. The summed E-state index contributed by atoms with van der Waals surface area (Å²) in [4.78, 5) is 1.70. The number of thiocarbonyl (C=S) groups is 1. The zero-order valence-corrected chi connectivity index (χ0v) is 10.9. The number of rotatable bonds is 2. The number of anilines is 1. The van der Waals surface area contributed by atoms with E-state index in [9.17, 15) is 13.2 Å². The number of ether oxygens (including phenoxy) is 1. The fraction of sp³-hybridized carbons (Fsp3) is 0.417. The van der Waals surface area contributed by atoms with Crippen molar-refractivity contribution < 1.29 is 17.9 Å². The smallest absolute Gasteiger partial charge is 0.389 e. The van der Waals surface area contributed by atoms with Crippen LogP contribution in [0.5, 0.6) is 0 Å². The van der Waals surface area contributed by atoms with Gasteiger partial charge in [-0.2, -0.15) is 13.2 Å². The maximum Gasteiger partial charge on any atom is 0.417 e. The Labute approximate surface area is 114 Å². The molecule has 1 aliphatic heterocycles. The first-order valence-corrected chi connectivity index (χ1v) is 6.14. The van der Waals surface area contributed by atoms with Gasteiger partial charge < -0.3 is 15.4 Å². The Bertz CT molecular complexity index is 484. The molecule has 0 atom stereocenters. The van der Waals surface area contributed by atoms with Crippen LogP contribution in [0.15, 0.2) is 18.2 Å². The van der Waals surface area contributed by atoms with E-state index in [1.54, 1.807) is 0 Å². The van der Waals surface area contributed by atoms with Gasteiger partial charge in [-0.15, -0.1) is 0 Å². The second-order valence-corrected chi connectivity index (χ2v) is 4.63. The molecule has 7 heteroatoms. The van der Waals surface area contributed by atoms with Gasteiger partial charge in [0.1, 0.15) is 4.99 Å². The maximum atomic E-state index is 12.8. The van der Waals surface area contributed by atoms with E-state index in [0.29, 0.717) is 32.0 Å². The lowest BCUT2D eigenvalue weighted by molar-refractivity contribution is -0.137. The van der Waals surface area contributed by atoms with Crippen molar-refractivity contribution in [3.63, 3.8) is 0 Å². The summed E-state index contributed by atoms with van der Waals surface area (Å²) < 4.78 is 43.7. The standard InChI is InChI=1S/C12H13F3N2OS/c13-12(14,15)10-2-1-8(7-9(10)11(16)19)17-3-5-18-6-4-17/h1-2,7H,3-6H2,(H2,16,19). The number of alkyl halides is 3. The number of nitrogens with two attached hydrogens (primary N) is 1. The summed E-state index contributed by atoms with van der Waals surface area (Å²) in [5, 5.41) is 0. The summed E-state index contributed by atoms with van der Waals surface area (Å²) in [6, 6.07) is 3.87. The lowest BCUT2D eigenvalue weighted by Crippen LogP contribution is -2.36. The lowest BCUT2D eigenvalue weighted by atomic mass is 10.1. The first kappa shape index (κ1) is 14.1. The van der Waals surface area contributed by atoms with E-state index in [-0.39, 0.29) is 10.6 Å². The molecule has 1 saturated heterocycles. The number of hydrogen-bond donors (Lipinski definition) is 1. The number of hydrogen-bond acceptors (Lipinski definition) is 3. The van der Waals surface area contributed by atoms with Gasteiger partial charge in [0.2, 0.25) is 0 Å². The van der Waals surface area contributed by atoms with Gasteiger partial charge in [-0.25, -0.2) is 0 Å². The van der Waals surface area contributed by atoms with Crippen molar-refractivity contribution in [2.45, 2.75) is 6.18 Å². The molecule has 1 aliphatic rings. The normalized spacial score (nSPS) is 16.5. The van der Waals surface area contributed by atoms with E-state index in [2.05, 4.69) is 0 Å². The fourth-order valence-electron chi connectivity index (χ4n) is 2.00. The summed E-state index contributed by atoms with van der Waals surface area (Å²) in [6.07, 6.45) is -4.46. The van der Waals surface area contributed by atoms with Gasteiger partial charge in [-0.3, -0.25) is 0 Å². The van der Waals surface area contributed by atoms with Crippen LogP contribution >= 0.6 is 12.2 Å². The number of benzene rings is 1. The largest absolute Gasteiger partial charge is 0.417 e. The highest BCUT2D eigenvalue weighted by Gasteiger charge is 2.34. The second kappa shape index (κ2) is 5.34. The molecule has 0 aliphatic carbocycles. The van der Waals surface area contributed by atoms with Crippen LogP contribution in [0.3, 0.4) is 0 Å². The quantitative estimate of drug-likeness (QED) is 0.847. The molecular weight excluding hydrogens is 277 g/mol. The maximum absolute atomic E-state index is 12.8. The average molecular weight is 290 g/mol. The molecule has 2 N–H and O–H groups in total. The topological polar surface area (TPSA) is 38.5 Å². The van der Waals surface area contributed by atoms with Gasteiger partial charge in [-0.05, 0) is 18.2 Å². The van der Waals surface area contributed by atoms with E-state index in [0.717, 1.165) is 6.07 Å². The van der Waals surface area contributed by atoms with Crippen LogP contribution in [-0.2, 0) is 10.9 Å². The molecule has 0 unspecified atom stereocenters. The van der Waals surface area contributed by atoms with Crippen LogP contribution in [-0.4, -0.2) is 31.3 Å². The molecular formula is C12H13F3N2OS. The Morgan fingerprint density at radius 3 is 2.42 bits per heavy atom. The summed E-state index contributed by atoms with van der Waals surface area (Å²) in [5.41, 5.74) is 5.15. The van der Waals surface area contributed by atoms with Crippen LogP contribution < -0.4 is 10.6 Å². The van der Waals surface area contributed by atoms with Crippen molar-refractivity contribution in [2.75, 3.05) is 31.2 Å². The van der Waals surface area contributed by atoms with Crippen molar-refractivity contribution in [1.82, 2.24) is 0 Å². The van der Waals surface area contributed by atoms with Gasteiger partial charge in [0, 0.05) is 24.3 Å². The minimum atomic E-state index is -4.46. The summed E-state index contributed by atoms with van der Waals surface area (Å²) >= 11 is 4.71. The van der Waals surface area contributed by atoms with Crippen molar-refractivity contribution in [3.05, 3.63) is 29.3 Å². The molecule has 3 nitrogen and oxygen atoms in total. The minimum absolute atomic E-state index is 0.133. The monoisotopic (exact) mass is 290 g/mol. The summed E-state index contributed by atoms with van der Waals surface area (Å²) in [5.74, 6) is 0. The minimum Gasteiger partial charge on any atom is -0.389 e. The zero-order chi connectivity index (χ0) is 14.0. The van der Waals surface area contributed by atoms with Crippen LogP contribution in [0, 0.1) is 0 Å². The Kier molecular flexibility index (Phi) is 3.96. The molecule has 0 radical (unpaired) electrons. The summed E-state index contributed by atoms with van der Waals surface area (Å²) in [7, 11) is 0. The van der Waals surface area contributed by atoms with E-state index in [1.165, 1.54) is 12.1 Å². The number of morpholine rings is 1. The molecule has 0 spiro atoms. The first-order chi connectivity index (χ1) is 8.89. The SMILES string of the molecule is NC(=S)c1cc(N2CCOCC2)ccc1C(F)(F)F. The zero-order valence-electron chi connectivity index (χ0n) is 10.0. The van der Waals surface area contributed by atoms with Crippen molar-refractivity contribution in [1.29, 1.82) is 0 Å². The van der Waals surface area contributed by atoms with E-state index >= 15 is 0 Å². The molecule has 1 aromatic carbocycles. The van der Waals surface area contributed by atoms with Gasteiger partial charge in [0.15, 0.2) is 0 Å². The molecule has 19 heavy (non-hydrogen) atoms. The Morgan fingerprint density at radius 1 is 1.26 bits per heavy atom. The van der Waals surface area contributed by atoms with Gasteiger partial charge >= 0.3 is 6.18 Å². The Balaban J connectivity index is 2.38. The number of halogens is 3. The van der Waals surface area contributed by atoms with E-state index < -0.39 is 11.7 Å². The highest BCUT2D eigenvalue weighted by Crippen LogP contribution is 2.34. The highest BCUT2D eigenvalue weighted by atomic mass is 32.1. The predicted molar refractivity (Wildman–Crippen MR) is 70.4 cm³/mol. The van der Waals surface area contributed by atoms with Crippen LogP contribution in [0.4, 0.5) is 18.9 Å². The molecule has 104 valence electrons. The average Bonchev–Trinajstić information content (AvgIpc) is 2.38. The van der Waals surface area contributed by atoms with Crippen LogP contribution in [0.2, 0.25) is 0 Å². The molecule has 0 bridgehead atoms. The van der Waals surface area contributed by atoms with E-state index in [4.69, 9.17) is 22.7 Å². The molecule has 1 fully saturated rings. The first-order valence-electron chi connectivity index (χ1n) is 5.73. The van der Waals surface area contributed by atoms with Gasteiger partial charge in [-0.1, -0.05) is 12.2 Å². The van der Waals surface area contributed by atoms with Crippen molar-refractivity contribution in [3.8, 4) is 0 Å². The molecule has 2 rings (SSSR count). The van der Waals surface area contributed by atoms with Crippen molar-refractivity contribution >= 4 is 22.9 Å². The highest BCUT2D eigenvalue weighted by molar-refractivity contribution is 7.80. The fourth-order valence-corrected chi connectivity index (χ4v) is 2.17. The van der Waals surface area contributed by atoms with Crippen LogP contribution in [0.1, 0.15) is 11.1 Å². The van der Waals surface area contributed by atoms with Gasteiger partial charge in [0.25, 0.3) is 0 Å². The third kappa shape index (κ3) is 3.16. The Hall–Kier alpha value is -1.34. The van der Waals surface area contributed by atoms with Crippen molar-refractivity contribution in [2.24, 2.45) is 5.73 Å². The van der Waals surface area contributed by atoms with Gasteiger partial charge in [0.05, 0.1) is 18.8 Å². The number of nitrogens with zero attached hydrogens (tertiary/aromatic N) is 1. The predicted octanol–water partition coefficient (Wildman–Crippen LogP) is 2.18. The lowest BCUT2D eigenvalue weighted by Gasteiger charge is -2.29. The molecule has 0 aromatic heterocycles. The Morgan fingerprint density at radius 2 is 1.89 bits per heavy atom. The second-order valence-electron chi connectivity index (χ2n) is 4.19.